The molecule has 0 atom stereocenters. The molecule has 0 spiro atoms. The number of benzene rings is 1. The fourth-order valence-corrected chi connectivity index (χ4v) is 4.45. The number of methoxy groups -OCH3 is 1. The van der Waals surface area contributed by atoms with Gasteiger partial charge in [0.05, 0.1) is 13.7 Å². The molecule has 7 nitrogen and oxygen atoms in total. The van der Waals surface area contributed by atoms with Crippen LogP contribution in [0.25, 0.3) is 0 Å². The Labute approximate surface area is 185 Å². The minimum atomic E-state index is 0.571. The summed E-state index contributed by atoms with van der Waals surface area (Å²) in [5.74, 6) is 3.67. The molecule has 1 saturated carbocycles. The highest BCUT2D eigenvalue weighted by atomic mass is 16.5. The van der Waals surface area contributed by atoms with Crippen molar-refractivity contribution in [1.82, 2.24) is 14.9 Å². The first-order valence-electron chi connectivity index (χ1n) is 11.7. The first-order chi connectivity index (χ1) is 15.3. The summed E-state index contributed by atoms with van der Waals surface area (Å²) in [7, 11) is 1.67. The first-order valence-corrected chi connectivity index (χ1v) is 11.7. The van der Waals surface area contributed by atoms with E-state index in [2.05, 4.69) is 25.5 Å². The third kappa shape index (κ3) is 6.47. The summed E-state index contributed by atoms with van der Waals surface area (Å²) in [4.78, 5) is 11.5. The minimum absolute atomic E-state index is 0.571. The van der Waals surface area contributed by atoms with Gasteiger partial charge < -0.3 is 25.0 Å². The van der Waals surface area contributed by atoms with Crippen LogP contribution in [-0.2, 0) is 0 Å². The summed E-state index contributed by atoms with van der Waals surface area (Å²) < 4.78 is 11.5. The number of hydrogen-bond acceptors (Lipinski definition) is 7. The molecule has 7 heteroatoms. The lowest BCUT2D eigenvalue weighted by atomic mass is 10.1. The van der Waals surface area contributed by atoms with Gasteiger partial charge in [-0.25, -0.2) is 4.98 Å². The predicted molar refractivity (Wildman–Crippen MR) is 125 cm³/mol. The Hall–Kier alpha value is -2.54. The lowest BCUT2D eigenvalue weighted by Gasteiger charge is -2.16. The Kier molecular flexibility index (Phi) is 7.82. The van der Waals surface area contributed by atoms with Crippen LogP contribution in [0.15, 0.2) is 30.5 Å². The van der Waals surface area contributed by atoms with Gasteiger partial charge in [0, 0.05) is 31.0 Å². The van der Waals surface area contributed by atoms with Crippen molar-refractivity contribution in [1.29, 1.82) is 0 Å². The lowest BCUT2D eigenvalue weighted by Crippen LogP contribution is -2.21. The quantitative estimate of drug-likeness (QED) is 0.506. The first kappa shape index (κ1) is 21.7. The highest BCUT2D eigenvalue weighted by Gasteiger charge is 2.15. The van der Waals surface area contributed by atoms with Gasteiger partial charge in [0.1, 0.15) is 5.82 Å². The molecule has 168 valence electrons. The molecule has 2 fully saturated rings. The predicted octanol–water partition coefficient (Wildman–Crippen LogP) is 4.70. The van der Waals surface area contributed by atoms with Crippen LogP contribution in [0.4, 0.5) is 17.5 Å². The SMILES string of the molecule is COc1ccc(Nc2nccc(NCC3CCCC3)n2)cc1OCCCN1CCCC1. The second-order valence-electron chi connectivity index (χ2n) is 8.54. The topological polar surface area (TPSA) is 71.5 Å². The van der Waals surface area contributed by atoms with Crippen molar-refractivity contribution in [3.8, 4) is 11.5 Å². The largest absolute Gasteiger partial charge is 0.493 e. The second-order valence-corrected chi connectivity index (χ2v) is 8.54. The smallest absolute Gasteiger partial charge is 0.229 e. The summed E-state index contributed by atoms with van der Waals surface area (Å²) in [6.07, 6.45) is 10.8. The van der Waals surface area contributed by atoms with Crippen molar-refractivity contribution in [2.24, 2.45) is 5.92 Å². The van der Waals surface area contributed by atoms with Crippen LogP contribution in [0, 0.1) is 5.92 Å². The second kappa shape index (κ2) is 11.2. The van der Waals surface area contributed by atoms with Gasteiger partial charge >= 0.3 is 0 Å². The highest BCUT2D eigenvalue weighted by Crippen LogP contribution is 2.31. The maximum absolute atomic E-state index is 6.04. The number of nitrogens with one attached hydrogen (secondary N) is 2. The van der Waals surface area contributed by atoms with Crippen molar-refractivity contribution >= 4 is 17.5 Å². The number of aromatic nitrogens is 2. The van der Waals surface area contributed by atoms with E-state index in [4.69, 9.17) is 9.47 Å². The molecule has 1 saturated heterocycles. The van der Waals surface area contributed by atoms with E-state index in [1.54, 1.807) is 13.3 Å². The zero-order valence-electron chi connectivity index (χ0n) is 18.6. The van der Waals surface area contributed by atoms with Gasteiger partial charge in [-0.3, -0.25) is 0 Å². The Morgan fingerprint density at radius 2 is 1.90 bits per heavy atom. The van der Waals surface area contributed by atoms with Crippen LogP contribution < -0.4 is 20.1 Å². The normalized spacial score (nSPS) is 17.1. The third-order valence-corrected chi connectivity index (χ3v) is 6.20. The fraction of sp³-hybridized carbons (Fsp3) is 0.583. The van der Waals surface area contributed by atoms with Gasteiger partial charge in [-0.2, -0.15) is 4.98 Å². The average Bonchev–Trinajstić information content (AvgIpc) is 3.50. The molecular formula is C24H35N5O2. The molecule has 2 heterocycles. The monoisotopic (exact) mass is 425 g/mol. The van der Waals surface area contributed by atoms with E-state index in [-0.39, 0.29) is 0 Å². The lowest BCUT2D eigenvalue weighted by molar-refractivity contribution is 0.254. The van der Waals surface area contributed by atoms with Crippen LogP contribution >= 0.6 is 0 Å². The van der Waals surface area contributed by atoms with Crippen molar-refractivity contribution in [3.63, 3.8) is 0 Å². The van der Waals surface area contributed by atoms with E-state index in [0.29, 0.717) is 12.6 Å². The molecule has 2 aromatic rings. The maximum Gasteiger partial charge on any atom is 0.229 e. The fourth-order valence-electron chi connectivity index (χ4n) is 4.45. The minimum Gasteiger partial charge on any atom is -0.493 e. The number of hydrogen-bond donors (Lipinski definition) is 2. The van der Waals surface area contributed by atoms with Crippen LogP contribution in [-0.4, -0.2) is 54.8 Å². The van der Waals surface area contributed by atoms with Crippen LogP contribution in [0.2, 0.25) is 0 Å². The molecule has 31 heavy (non-hydrogen) atoms. The molecule has 0 amide bonds. The molecular weight excluding hydrogens is 390 g/mol. The average molecular weight is 426 g/mol. The molecule has 0 unspecified atom stereocenters. The van der Waals surface area contributed by atoms with Gasteiger partial charge in [-0.15, -0.1) is 0 Å². The molecule has 4 rings (SSSR count). The van der Waals surface area contributed by atoms with E-state index >= 15 is 0 Å². The standard InChI is InChI=1S/C24H35N5O2/c1-30-21-10-9-20(17-22(21)31-16-6-15-29-13-4-5-14-29)27-24-25-12-11-23(28-24)26-18-19-7-2-3-8-19/h9-12,17,19H,2-8,13-16,18H2,1H3,(H2,25,26,27,28). The number of rotatable bonds is 11. The van der Waals surface area contributed by atoms with Crippen LogP contribution in [0.3, 0.4) is 0 Å². The summed E-state index contributed by atoms with van der Waals surface area (Å²) in [5.41, 5.74) is 0.878. The number of ether oxygens (including phenoxy) is 2. The molecule has 1 aliphatic carbocycles. The van der Waals surface area contributed by atoms with Gasteiger partial charge in [0.15, 0.2) is 11.5 Å². The molecule has 2 N–H and O–H groups in total. The van der Waals surface area contributed by atoms with Gasteiger partial charge in [0.2, 0.25) is 5.95 Å². The van der Waals surface area contributed by atoms with E-state index in [1.165, 1.54) is 51.6 Å². The van der Waals surface area contributed by atoms with Gasteiger partial charge in [-0.1, -0.05) is 12.8 Å². The Bertz CT molecular complexity index is 819. The van der Waals surface area contributed by atoms with E-state index in [0.717, 1.165) is 48.4 Å². The van der Waals surface area contributed by atoms with Gasteiger partial charge in [0.25, 0.3) is 0 Å². The Morgan fingerprint density at radius 3 is 2.71 bits per heavy atom. The van der Waals surface area contributed by atoms with Crippen LogP contribution in [0.5, 0.6) is 11.5 Å². The molecule has 1 aromatic heterocycles. The Morgan fingerprint density at radius 1 is 1.06 bits per heavy atom. The van der Waals surface area contributed by atoms with Crippen molar-refractivity contribution in [2.45, 2.75) is 44.9 Å². The molecule has 1 aromatic carbocycles. The number of likely N-dealkylation sites (tertiary alicyclic amines) is 1. The third-order valence-electron chi connectivity index (χ3n) is 6.20. The van der Waals surface area contributed by atoms with E-state index in [9.17, 15) is 0 Å². The van der Waals surface area contributed by atoms with Crippen molar-refractivity contribution in [2.75, 3.05) is 50.5 Å². The highest BCUT2D eigenvalue weighted by molar-refractivity contribution is 5.60. The zero-order chi connectivity index (χ0) is 21.3. The summed E-state index contributed by atoms with van der Waals surface area (Å²) >= 11 is 0. The maximum atomic E-state index is 6.04. The zero-order valence-corrected chi connectivity index (χ0v) is 18.6. The molecule has 2 aliphatic rings. The van der Waals surface area contributed by atoms with Gasteiger partial charge in [-0.05, 0) is 69.3 Å². The summed E-state index contributed by atoms with van der Waals surface area (Å²) in [6.45, 7) is 5.19. The van der Waals surface area contributed by atoms with E-state index < -0.39 is 0 Å². The number of anilines is 3. The molecule has 0 bridgehead atoms. The molecule has 1 aliphatic heterocycles. The van der Waals surface area contributed by atoms with Crippen molar-refractivity contribution < 1.29 is 9.47 Å². The summed E-state index contributed by atoms with van der Waals surface area (Å²) in [5, 5.41) is 6.75. The van der Waals surface area contributed by atoms with Crippen LogP contribution in [0.1, 0.15) is 44.9 Å². The number of nitrogens with zero attached hydrogens (tertiary/aromatic N) is 3. The van der Waals surface area contributed by atoms with E-state index in [1.807, 2.05) is 24.3 Å². The van der Waals surface area contributed by atoms with Crippen molar-refractivity contribution in [3.05, 3.63) is 30.5 Å². The summed E-state index contributed by atoms with van der Waals surface area (Å²) in [6, 6.07) is 7.75. The Balaban J connectivity index is 1.32. The molecule has 0 radical (unpaired) electrons.